The highest BCUT2D eigenvalue weighted by Gasteiger charge is 2.32. The summed E-state index contributed by atoms with van der Waals surface area (Å²) in [6, 6.07) is 3.79. The van der Waals surface area contributed by atoms with Crippen LogP contribution in [0.5, 0.6) is 0 Å². The van der Waals surface area contributed by atoms with Crippen molar-refractivity contribution in [1.82, 2.24) is 10.3 Å². The molecular formula is C22H27N3O2. The van der Waals surface area contributed by atoms with E-state index in [1.54, 1.807) is 30.4 Å². The summed E-state index contributed by atoms with van der Waals surface area (Å²) in [6.45, 7) is 11.2. The van der Waals surface area contributed by atoms with Gasteiger partial charge in [-0.15, -0.1) is 0 Å². The van der Waals surface area contributed by atoms with Crippen LogP contribution in [0.25, 0.3) is 12.2 Å². The van der Waals surface area contributed by atoms with Gasteiger partial charge in [0.25, 0.3) is 5.91 Å². The van der Waals surface area contributed by atoms with Gasteiger partial charge in [0.1, 0.15) is 0 Å². The van der Waals surface area contributed by atoms with Gasteiger partial charge in [-0.1, -0.05) is 51.7 Å². The van der Waals surface area contributed by atoms with Gasteiger partial charge in [-0.2, -0.15) is 5.26 Å². The minimum atomic E-state index is -0.353. The van der Waals surface area contributed by atoms with Gasteiger partial charge < -0.3 is 5.32 Å². The molecule has 1 aliphatic rings. The van der Waals surface area contributed by atoms with Crippen LogP contribution in [0.15, 0.2) is 37.6 Å². The topological polar surface area (TPSA) is 82.9 Å². The first kappa shape index (κ1) is 22.0. The number of nitriles is 1. The average Bonchev–Trinajstić information content (AvgIpc) is 3.18. The molecule has 1 amide bonds. The summed E-state index contributed by atoms with van der Waals surface area (Å²) >= 11 is 0. The Balaban J connectivity index is 0.00000176. The Labute approximate surface area is 160 Å². The van der Waals surface area contributed by atoms with E-state index in [1.807, 2.05) is 13.8 Å². The number of aromatic nitrogens is 1. The number of carbonyl (C=O) groups excluding carboxylic acids is 2. The molecule has 1 N–H and O–H groups in total. The zero-order chi connectivity index (χ0) is 20.2. The molecule has 2 unspecified atom stereocenters. The van der Waals surface area contributed by atoms with Crippen LogP contribution >= 0.6 is 0 Å². The van der Waals surface area contributed by atoms with E-state index in [9.17, 15) is 9.59 Å². The van der Waals surface area contributed by atoms with Crippen LogP contribution in [-0.2, 0) is 4.79 Å². The van der Waals surface area contributed by atoms with Crippen molar-refractivity contribution in [1.29, 1.82) is 5.26 Å². The molecule has 2 atom stereocenters. The van der Waals surface area contributed by atoms with Crippen LogP contribution in [0.3, 0.4) is 0 Å². The maximum absolute atomic E-state index is 12.5. The second-order valence-electron chi connectivity index (χ2n) is 5.88. The van der Waals surface area contributed by atoms with E-state index in [0.717, 1.165) is 19.3 Å². The molecule has 0 aromatic carbocycles. The van der Waals surface area contributed by atoms with Crippen LogP contribution in [0.4, 0.5) is 0 Å². The monoisotopic (exact) mass is 365 g/mol. The zero-order valence-electron chi connectivity index (χ0n) is 16.1. The Morgan fingerprint density at radius 3 is 2.63 bits per heavy atom. The van der Waals surface area contributed by atoms with Crippen molar-refractivity contribution in [3.05, 3.63) is 53.7 Å². The van der Waals surface area contributed by atoms with Crippen molar-refractivity contribution in [2.24, 2.45) is 11.8 Å². The average molecular weight is 365 g/mol. The lowest BCUT2D eigenvalue weighted by atomic mass is 9.93. The van der Waals surface area contributed by atoms with Gasteiger partial charge in [0, 0.05) is 17.3 Å². The minimum absolute atomic E-state index is 0.0714. The molecular weight excluding hydrogens is 338 g/mol. The quantitative estimate of drug-likeness (QED) is 0.838. The number of carbonyl (C=O) groups is 2. The second-order valence-corrected chi connectivity index (χ2v) is 5.88. The standard InChI is InChI=1S/C20H21N3O2.C2H6/c1-3-6-16-17(10-11-22-18(16)7-4-2)20(25)23-13-19(24)15-9-5-8-14(15)12-21;1-2/h3-4,6-7,10-11,14-15H,1-2,5,8-9,13H2,(H,23,25);1-2H3/b16-6-,18-7+;. The van der Waals surface area contributed by atoms with Crippen LogP contribution in [-0.4, -0.2) is 23.2 Å². The summed E-state index contributed by atoms with van der Waals surface area (Å²) in [5.41, 5.74) is 0.416. The van der Waals surface area contributed by atoms with Crippen LogP contribution in [0.1, 0.15) is 43.5 Å². The van der Waals surface area contributed by atoms with Gasteiger partial charge in [-0.3, -0.25) is 14.6 Å². The molecule has 1 heterocycles. The highest BCUT2D eigenvalue weighted by molar-refractivity contribution is 5.97. The molecule has 5 heteroatoms. The lowest BCUT2D eigenvalue weighted by Gasteiger charge is -2.12. The van der Waals surface area contributed by atoms with Crippen LogP contribution in [0.2, 0.25) is 0 Å². The Bertz CT molecular complexity index is 849. The van der Waals surface area contributed by atoms with Crippen LogP contribution in [0, 0.1) is 23.2 Å². The molecule has 5 nitrogen and oxygen atoms in total. The second kappa shape index (κ2) is 11.6. The number of pyridine rings is 1. The highest BCUT2D eigenvalue weighted by Crippen LogP contribution is 2.31. The molecule has 142 valence electrons. The first-order valence-corrected chi connectivity index (χ1v) is 9.23. The summed E-state index contributed by atoms with van der Waals surface area (Å²) in [4.78, 5) is 29.0. The summed E-state index contributed by atoms with van der Waals surface area (Å²) in [5, 5.41) is 13.0. The number of nitrogens with one attached hydrogen (secondary N) is 1. The number of hydrogen-bond donors (Lipinski definition) is 1. The van der Waals surface area contributed by atoms with Crippen molar-refractivity contribution in [2.75, 3.05) is 6.54 Å². The normalized spacial score (nSPS) is 19.4. The Kier molecular flexibility index (Phi) is 9.46. The van der Waals surface area contributed by atoms with Crippen LogP contribution < -0.4 is 15.9 Å². The van der Waals surface area contributed by atoms with Gasteiger partial charge in [-0.25, -0.2) is 0 Å². The number of nitrogens with zero attached hydrogens (tertiary/aromatic N) is 2. The van der Waals surface area contributed by atoms with E-state index >= 15 is 0 Å². The molecule has 1 fully saturated rings. The third kappa shape index (κ3) is 5.75. The van der Waals surface area contributed by atoms with E-state index < -0.39 is 0 Å². The van der Waals surface area contributed by atoms with Crippen molar-refractivity contribution >= 4 is 23.8 Å². The smallest absolute Gasteiger partial charge is 0.252 e. The number of amides is 1. The van der Waals surface area contributed by atoms with Crippen molar-refractivity contribution in [3.63, 3.8) is 0 Å². The molecule has 0 aliphatic heterocycles. The molecule has 1 aromatic rings. The van der Waals surface area contributed by atoms with Crippen molar-refractivity contribution < 1.29 is 9.59 Å². The molecule has 0 radical (unpaired) electrons. The number of rotatable bonds is 6. The fraction of sp³-hybridized carbons (Fsp3) is 0.364. The Hall–Kier alpha value is -3.00. The molecule has 0 saturated heterocycles. The van der Waals surface area contributed by atoms with Gasteiger partial charge >= 0.3 is 0 Å². The highest BCUT2D eigenvalue weighted by atomic mass is 16.2. The maximum atomic E-state index is 12.5. The summed E-state index contributed by atoms with van der Waals surface area (Å²) in [5.74, 6) is -0.942. The fourth-order valence-corrected chi connectivity index (χ4v) is 3.12. The Morgan fingerprint density at radius 1 is 1.30 bits per heavy atom. The maximum Gasteiger partial charge on any atom is 0.252 e. The third-order valence-corrected chi connectivity index (χ3v) is 4.34. The predicted octanol–water partition coefficient (Wildman–Crippen LogP) is 2.28. The lowest BCUT2D eigenvalue weighted by molar-refractivity contribution is -0.122. The van der Waals surface area contributed by atoms with Gasteiger partial charge in [-0.05, 0) is 25.0 Å². The third-order valence-electron chi connectivity index (χ3n) is 4.34. The first-order valence-electron chi connectivity index (χ1n) is 9.23. The van der Waals surface area contributed by atoms with E-state index in [0.29, 0.717) is 16.1 Å². The largest absolute Gasteiger partial charge is 0.345 e. The molecule has 1 saturated carbocycles. The fourth-order valence-electron chi connectivity index (χ4n) is 3.12. The van der Waals surface area contributed by atoms with Gasteiger partial charge in [0.05, 0.1) is 29.4 Å². The van der Waals surface area contributed by atoms with E-state index in [4.69, 9.17) is 5.26 Å². The number of allylic oxidation sites excluding steroid dienone is 2. The van der Waals surface area contributed by atoms with E-state index in [1.165, 1.54) is 6.20 Å². The molecule has 2 rings (SSSR count). The minimum Gasteiger partial charge on any atom is -0.345 e. The van der Waals surface area contributed by atoms with E-state index in [2.05, 4.69) is 29.5 Å². The molecule has 0 bridgehead atoms. The SMILES string of the molecule is C=C/C=c1/c(C(=O)NCC(=O)C2CCCC2C#N)ccn/c1=C/C=C.CC. The zero-order valence-corrected chi connectivity index (χ0v) is 16.1. The first-order chi connectivity index (χ1) is 13.1. The molecule has 0 spiro atoms. The molecule has 1 aromatic heterocycles. The number of ketones is 1. The summed E-state index contributed by atoms with van der Waals surface area (Å²) < 4.78 is 0. The summed E-state index contributed by atoms with van der Waals surface area (Å²) in [7, 11) is 0. The number of Topliss-reactive ketones (excluding diaryl/α,β-unsaturated/α-hetero) is 1. The van der Waals surface area contributed by atoms with Gasteiger partial charge in [0.2, 0.25) is 0 Å². The number of hydrogen-bond acceptors (Lipinski definition) is 4. The van der Waals surface area contributed by atoms with Crippen molar-refractivity contribution in [3.8, 4) is 6.07 Å². The Morgan fingerprint density at radius 2 is 2.00 bits per heavy atom. The summed E-state index contributed by atoms with van der Waals surface area (Å²) in [6.07, 6.45) is 10.5. The molecule has 1 aliphatic carbocycles. The predicted molar refractivity (Wildman–Crippen MR) is 108 cm³/mol. The van der Waals surface area contributed by atoms with Crippen molar-refractivity contribution in [2.45, 2.75) is 33.1 Å². The lowest BCUT2D eigenvalue weighted by Crippen LogP contribution is -2.40. The molecule has 27 heavy (non-hydrogen) atoms. The van der Waals surface area contributed by atoms with Gasteiger partial charge in [0.15, 0.2) is 5.78 Å². The van der Waals surface area contributed by atoms with E-state index in [-0.39, 0.29) is 30.1 Å².